The van der Waals surface area contributed by atoms with Gasteiger partial charge in [0.2, 0.25) is 5.28 Å². The van der Waals surface area contributed by atoms with Crippen molar-refractivity contribution >= 4 is 34.3 Å². The number of ether oxygens (including phenoxy) is 3. The van der Waals surface area contributed by atoms with Crippen molar-refractivity contribution in [1.82, 2.24) is 19.5 Å². The van der Waals surface area contributed by atoms with E-state index in [1.54, 1.807) is 6.33 Å². The van der Waals surface area contributed by atoms with Crippen molar-refractivity contribution < 1.29 is 19.3 Å². The first kappa shape index (κ1) is 23.8. The average molecular weight is 526 g/mol. The van der Waals surface area contributed by atoms with Crippen LogP contribution in [-0.2, 0) is 19.6 Å². The molecule has 4 atom stereocenters. The number of aliphatic hydroxyl groups excluding tert-OH is 1. The van der Waals surface area contributed by atoms with Crippen LogP contribution in [0.2, 0.25) is 5.28 Å². The minimum Gasteiger partial charge on any atom is -0.394 e. The molecule has 1 aliphatic carbocycles. The monoisotopic (exact) mass is 525 g/mol. The smallest absolute Gasteiger partial charge is 0.226 e. The van der Waals surface area contributed by atoms with Gasteiger partial charge in [0.15, 0.2) is 29.0 Å². The number of rotatable bonds is 3. The Kier molecular flexibility index (Phi) is 5.53. The average Bonchev–Trinajstić information content (AvgIpc) is 3.55. The topological polar surface area (TPSA) is 94.8 Å². The van der Waals surface area contributed by atoms with Gasteiger partial charge in [-0.15, -0.1) is 0 Å². The minimum atomic E-state index is -0.773. The third-order valence-corrected chi connectivity index (χ3v) is 8.67. The van der Waals surface area contributed by atoms with Crippen LogP contribution in [0.1, 0.15) is 64.2 Å². The Bertz CT molecular complexity index is 1340. The van der Waals surface area contributed by atoms with Crippen molar-refractivity contribution in [1.29, 1.82) is 0 Å². The lowest BCUT2D eigenvalue weighted by Crippen LogP contribution is -2.31. The Morgan fingerprint density at radius 1 is 1.05 bits per heavy atom. The van der Waals surface area contributed by atoms with Crippen molar-refractivity contribution in [2.75, 3.05) is 18.1 Å². The normalized spacial score (nSPS) is 30.1. The molecule has 4 aliphatic rings. The fourth-order valence-electron chi connectivity index (χ4n) is 6.93. The van der Waals surface area contributed by atoms with Gasteiger partial charge in [0.05, 0.1) is 12.9 Å². The van der Waals surface area contributed by atoms with E-state index in [1.165, 1.54) is 49.8 Å². The highest BCUT2D eigenvalue weighted by molar-refractivity contribution is 6.28. The highest BCUT2D eigenvalue weighted by Gasteiger charge is 2.56. The fraction of sp³-hybridized carbons (Fsp3) is 0.593. The maximum Gasteiger partial charge on any atom is 0.226 e. The van der Waals surface area contributed by atoms with E-state index in [0.29, 0.717) is 17.0 Å². The van der Waals surface area contributed by atoms with Crippen LogP contribution < -0.4 is 4.90 Å². The first-order chi connectivity index (χ1) is 17.9. The molecule has 5 heterocycles. The number of anilines is 2. The standard InChI is InChI=1S/C27H32ClN5O4/c1-26(2)36-20-18(13-34)35-24(21(20)37-26)33-15-29-19-22(30-25(28)31-23(19)33)32-14-27(11-7-3-4-8-12-27)16-9-5-6-10-17(16)32/h5-6,9-10,15,18,20-21,24,34H,3-4,7-8,11-14H2,1-2H3/t18-,20?,21+,24-/m1/s1. The Morgan fingerprint density at radius 2 is 1.81 bits per heavy atom. The molecule has 2 aromatic heterocycles. The predicted molar refractivity (Wildman–Crippen MR) is 138 cm³/mol. The summed E-state index contributed by atoms with van der Waals surface area (Å²) in [6, 6.07) is 8.68. The Hall–Kier alpha value is -2.30. The van der Waals surface area contributed by atoms with Gasteiger partial charge in [-0.25, -0.2) is 4.98 Å². The van der Waals surface area contributed by atoms with Crippen LogP contribution in [0.3, 0.4) is 0 Å². The van der Waals surface area contributed by atoms with Crippen LogP contribution in [0, 0.1) is 0 Å². The third-order valence-electron chi connectivity index (χ3n) is 8.50. The van der Waals surface area contributed by atoms with Crippen LogP contribution in [0.25, 0.3) is 11.2 Å². The molecule has 3 aliphatic heterocycles. The van der Waals surface area contributed by atoms with Crippen molar-refractivity contribution in [2.45, 2.75) is 88.1 Å². The number of aliphatic hydroxyl groups is 1. The number of hydrogen-bond donors (Lipinski definition) is 1. The van der Waals surface area contributed by atoms with E-state index >= 15 is 0 Å². The minimum absolute atomic E-state index is 0.107. The summed E-state index contributed by atoms with van der Waals surface area (Å²) < 4.78 is 20.3. The number of benzene rings is 1. The summed E-state index contributed by atoms with van der Waals surface area (Å²) in [5.41, 5.74) is 3.91. The zero-order chi connectivity index (χ0) is 25.4. The maximum atomic E-state index is 9.94. The Labute approximate surface area is 220 Å². The van der Waals surface area contributed by atoms with Gasteiger partial charge in [0.1, 0.15) is 18.3 Å². The molecule has 3 aromatic rings. The summed E-state index contributed by atoms with van der Waals surface area (Å²) in [5.74, 6) is -0.0647. The van der Waals surface area contributed by atoms with Gasteiger partial charge >= 0.3 is 0 Å². The molecule has 3 fully saturated rings. The number of fused-ring (bicyclic) bond motifs is 4. The van der Waals surface area contributed by atoms with E-state index in [1.807, 2.05) is 18.4 Å². The molecule has 7 rings (SSSR count). The highest BCUT2D eigenvalue weighted by atomic mass is 35.5. The second-order valence-corrected chi connectivity index (χ2v) is 11.6. The molecule has 1 saturated carbocycles. The molecule has 9 nitrogen and oxygen atoms in total. The van der Waals surface area contributed by atoms with Crippen molar-refractivity contribution in [3.8, 4) is 0 Å². The molecule has 1 N–H and O–H groups in total. The summed E-state index contributed by atoms with van der Waals surface area (Å²) in [5, 5.41) is 10.1. The van der Waals surface area contributed by atoms with Crippen LogP contribution in [0.15, 0.2) is 30.6 Å². The van der Waals surface area contributed by atoms with Gasteiger partial charge in [-0.2, -0.15) is 9.97 Å². The molecule has 0 amide bonds. The fourth-order valence-corrected chi connectivity index (χ4v) is 7.09. The molecular weight excluding hydrogens is 494 g/mol. The molecule has 1 spiro atoms. The molecule has 0 radical (unpaired) electrons. The SMILES string of the molecule is CC1(C)OC2[C@@H](CO)O[C@@H](n3cnc4c(N5CC6(CCCCCC6)c6ccccc65)nc(Cl)nc43)[C@H]2O1. The summed E-state index contributed by atoms with van der Waals surface area (Å²) in [6.45, 7) is 4.42. The second kappa shape index (κ2) is 8.61. The number of aromatic nitrogens is 4. The zero-order valence-electron chi connectivity index (χ0n) is 21.1. The van der Waals surface area contributed by atoms with Gasteiger partial charge in [-0.3, -0.25) is 4.57 Å². The van der Waals surface area contributed by atoms with E-state index < -0.39 is 24.2 Å². The highest BCUT2D eigenvalue weighted by Crippen LogP contribution is 2.51. The van der Waals surface area contributed by atoms with E-state index in [2.05, 4.69) is 34.1 Å². The van der Waals surface area contributed by atoms with Gasteiger partial charge < -0.3 is 24.2 Å². The second-order valence-electron chi connectivity index (χ2n) is 11.3. The molecule has 1 unspecified atom stereocenters. The summed E-state index contributed by atoms with van der Waals surface area (Å²) >= 11 is 6.55. The van der Waals surface area contributed by atoms with Gasteiger partial charge in [-0.1, -0.05) is 43.9 Å². The Balaban J connectivity index is 1.32. The first-order valence-electron chi connectivity index (χ1n) is 13.3. The van der Waals surface area contributed by atoms with Crippen LogP contribution in [-0.4, -0.2) is 61.9 Å². The molecular formula is C27H32ClN5O4. The van der Waals surface area contributed by atoms with Gasteiger partial charge in [0, 0.05) is 17.6 Å². The number of halogens is 1. The van der Waals surface area contributed by atoms with Crippen molar-refractivity contribution in [3.05, 3.63) is 41.4 Å². The number of hydrogen-bond acceptors (Lipinski definition) is 8. The van der Waals surface area contributed by atoms with Gasteiger partial charge in [0.25, 0.3) is 0 Å². The molecule has 10 heteroatoms. The summed E-state index contributed by atoms with van der Waals surface area (Å²) in [6.07, 6.45) is 7.24. The molecule has 37 heavy (non-hydrogen) atoms. The van der Waals surface area contributed by atoms with E-state index in [4.69, 9.17) is 35.8 Å². The van der Waals surface area contributed by atoms with Crippen LogP contribution in [0.5, 0.6) is 0 Å². The van der Waals surface area contributed by atoms with E-state index in [-0.39, 0.29) is 23.4 Å². The molecule has 0 bridgehead atoms. The maximum absolute atomic E-state index is 9.94. The van der Waals surface area contributed by atoms with Crippen LogP contribution >= 0.6 is 11.6 Å². The third kappa shape index (κ3) is 3.70. The largest absolute Gasteiger partial charge is 0.394 e. The number of imidazole rings is 1. The van der Waals surface area contributed by atoms with Crippen LogP contribution in [0.4, 0.5) is 11.5 Å². The lowest BCUT2D eigenvalue weighted by atomic mass is 9.76. The number of nitrogens with zero attached hydrogens (tertiary/aromatic N) is 5. The molecule has 196 valence electrons. The molecule has 2 saturated heterocycles. The Morgan fingerprint density at radius 3 is 2.59 bits per heavy atom. The molecule has 1 aromatic carbocycles. The quantitative estimate of drug-likeness (QED) is 0.494. The van der Waals surface area contributed by atoms with Gasteiger partial charge in [-0.05, 0) is 49.9 Å². The summed E-state index contributed by atoms with van der Waals surface area (Å²) in [4.78, 5) is 16.3. The predicted octanol–water partition coefficient (Wildman–Crippen LogP) is 4.63. The number of para-hydroxylation sites is 1. The van der Waals surface area contributed by atoms with E-state index in [0.717, 1.165) is 6.54 Å². The van der Waals surface area contributed by atoms with Crippen molar-refractivity contribution in [3.63, 3.8) is 0 Å². The lowest BCUT2D eigenvalue weighted by molar-refractivity contribution is -0.199. The van der Waals surface area contributed by atoms with Crippen molar-refractivity contribution in [2.24, 2.45) is 0 Å². The first-order valence-corrected chi connectivity index (χ1v) is 13.7. The zero-order valence-corrected chi connectivity index (χ0v) is 21.9. The summed E-state index contributed by atoms with van der Waals surface area (Å²) in [7, 11) is 0. The lowest BCUT2D eigenvalue weighted by Gasteiger charge is -2.29. The van der Waals surface area contributed by atoms with E-state index in [9.17, 15) is 5.11 Å².